The Balaban J connectivity index is 1.41. The lowest BCUT2D eigenvalue weighted by Crippen LogP contribution is -2.35. The molecule has 0 bridgehead atoms. The van der Waals surface area contributed by atoms with Crippen molar-refractivity contribution in [3.63, 3.8) is 0 Å². The first-order chi connectivity index (χ1) is 14.6. The van der Waals surface area contributed by atoms with Crippen molar-refractivity contribution >= 4 is 45.6 Å². The topological polar surface area (TPSA) is 54.3 Å². The highest BCUT2D eigenvalue weighted by atomic mass is 35.5. The number of hydrogen-bond donors (Lipinski definition) is 0. The van der Waals surface area contributed by atoms with E-state index in [-0.39, 0.29) is 5.91 Å². The van der Waals surface area contributed by atoms with Crippen molar-refractivity contribution in [2.24, 2.45) is 0 Å². The van der Waals surface area contributed by atoms with Gasteiger partial charge in [0.1, 0.15) is 0 Å². The molecule has 0 spiro atoms. The van der Waals surface area contributed by atoms with Gasteiger partial charge in [0.25, 0.3) is 5.91 Å². The van der Waals surface area contributed by atoms with E-state index in [1.54, 1.807) is 29.7 Å². The normalized spacial score (nSPS) is 17.3. The lowest BCUT2D eigenvalue weighted by Gasteiger charge is -2.22. The Kier molecular flexibility index (Phi) is 5.43. The van der Waals surface area contributed by atoms with E-state index >= 15 is 0 Å². The van der Waals surface area contributed by atoms with Gasteiger partial charge in [-0.25, -0.2) is 9.67 Å². The van der Waals surface area contributed by atoms with E-state index in [9.17, 15) is 4.79 Å². The van der Waals surface area contributed by atoms with Gasteiger partial charge >= 0.3 is 0 Å². The molecule has 0 radical (unpaired) electrons. The summed E-state index contributed by atoms with van der Waals surface area (Å²) < 4.78 is 1.82. The molecule has 1 aromatic carbocycles. The van der Waals surface area contributed by atoms with Crippen LogP contribution in [0.15, 0.2) is 36.0 Å². The average Bonchev–Trinajstić information content (AvgIpc) is 3.34. The number of amides is 1. The molecule has 1 saturated carbocycles. The van der Waals surface area contributed by atoms with Gasteiger partial charge in [0.15, 0.2) is 5.13 Å². The number of anilines is 1. The van der Waals surface area contributed by atoms with Crippen molar-refractivity contribution in [1.82, 2.24) is 19.7 Å². The third-order valence-corrected chi connectivity index (χ3v) is 6.98. The number of aromatic nitrogens is 3. The summed E-state index contributed by atoms with van der Waals surface area (Å²) in [4.78, 5) is 22.1. The molecule has 3 heterocycles. The van der Waals surface area contributed by atoms with Crippen LogP contribution in [0.3, 0.4) is 0 Å². The molecule has 9 heteroatoms. The minimum absolute atomic E-state index is 0.0502. The summed E-state index contributed by atoms with van der Waals surface area (Å²) in [5, 5.41) is 8.67. The molecule has 2 aliphatic rings. The molecular formula is C21H21Cl2N5OS. The summed E-state index contributed by atoms with van der Waals surface area (Å²) >= 11 is 14.1. The van der Waals surface area contributed by atoms with Gasteiger partial charge in [-0.1, -0.05) is 23.2 Å². The molecule has 2 fully saturated rings. The Hall–Kier alpha value is -2.09. The summed E-state index contributed by atoms with van der Waals surface area (Å²) in [6.07, 6.45) is 6.57. The van der Waals surface area contributed by atoms with Crippen molar-refractivity contribution in [3.8, 4) is 5.69 Å². The first-order valence-corrected chi connectivity index (χ1v) is 11.7. The molecule has 0 atom stereocenters. The zero-order valence-electron chi connectivity index (χ0n) is 16.3. The Morgan fingerprint density at radius 2 is 2.00 bits per heavy atom. The van der Waals surface area contributed by atoms with Crippen LogP contribution in [-0.2, 0) is 0 Å². The fourth-order valence-corrected chi connectivity index (χ4v) is 5.16. The van der Waals surface area contributed by atoms with Crippen LogP contribution in [0.5, 0.6) is 0 Å². The molecule has 1 aliphatic carbocycles. The van der Waals surface area contributed by atoms with Crippen LogP contribution < -0.4 is 4.90 Å². The third-order valence-electron chi connectivity index (χ3n) is 5.61. The fraction of sp³-hybridized carbons (Fsp3) is 0.381. The SMILES string of the molecule is O=C(c1cnn(-c2ccc(Cl)cc2Cl)c1C1CC1)N1CCCN(c2nccs2)CC1. The molecule has 5 rings (SSSR count). The van der Waals surface area contributed by atoms with E-state index in [0.29, 0.717) is 28.1 Å². The number of rotatable bonds is 4. The van der Waals surface area contributed by atoms with Gasteiger partial charge in [0.05, 0.1) is 28.2 Å². The second-order valence-electron chi connectivity index (χ2n) is 7.67. The molecule has 1 saturated heterocycles. The highest BCUT2D eigenvalue weighted by Gasteiger charge is 2.35. The van der Waals surface area contributed by atoms with Crippen LogP contribution in [-0.4, -0.2) is 51.8 Å². The molecule has 1 aliphatic heterocycles. The molecular weight excluding hydrogens is 441 g/mol. The van der Waals surface area contributed by atoms with Gasteiger partial charge in [-0.3, -0.25) is 4.79 Å². The van der Waals surface area contributed by atoms with Crippen LogP contribution in [0.4, 0.5) is 5.13 Å². The molecule has 0 unspecified atom stereocenters. The van der Waals surface area contributed by atoms with Gasteiger partial charge in [-0.2, -0.15) is 5.10 Å². The van der Waals surface area contributed by atoms with Gasteiger partial charge in [0, 0.05) is 48.7 Å². The first-order valence-electron chi connectivity index (χ1n) is 10.1. The number of carbonyl (C=O) groups excluding carboxylic acids is 1. The molecule has 156 valence electrons. The number of hydrogen-bond acceptors (Lipinski definition) is 5. The van der Waals surface area contributed by atoms with Crippen LogP contribution in [0.2, 0.25) is 10.0 Å². The summed E-state index contributed by atoms with van der Waals surface area (Å²) in [7, 11) is 0. The van der Waals surface area contributed by atoms with Crippen molar-refractivity contribution < 1.29 is 4.79 Å². The van der Waals surface area contributed by atoms with Crippen LogP contribution in [0.25, 0.3) is 5.69 Å². The highest BCUT2D eigenvalue weighted by molar-refractivity contribution is 7.13. The summed E-state index contributed by atoms with van der Waals surface area (Å²) in [6, 6.07) is 5.36. The molecule has 6 nitrogen and oxygen atoms in total. The summed E-state index contributed by atoms with van der Waals surface area (Å²) in [6.45, 7) is 3.11. The number of thiazole rings is 1. The van der Waals surface area contributed by atoms with E-state index in [1.165, 1.54) is 0 Å². The fourth-order valence-electron chi connectivity index (χ4n) is 3.97. The van der Waals surface area contributed by atoms with Gasteiger partial charge in [-0.05, 0) is 37.5 Å². The van der Waals surface area contributed by atoms with E-state index in [4.69, 9.17) is 23.2 Å². The Labute approximate surface area is 189 Å². The number of carbonyl (C=O) groups is 1. The Bertz CT molecular complexity index is 1060. The maximum atomic E-state index is 13.5. The van der Waals surface area contributed by atoms with E-state index in [2.05, 4.69) is 15.0 Å². The van der Waals surface area contributed by atoms with E-state index in [1.807, 2.05) is 27.2 Å². The molecule has 2 aromatic heterocycles. The number of halogens is 2. The molecule has 0 N–H and O–H groups in total. The van der Waals surface area contributed by atoms with Crippen molar-refractivity contribution in [2.75, 3.05) is 31.1 Å². The minimum atomic E-state index is 0.0502. The zero-order chi connectivity index (χ0) is 20.7. The Morgan fingerprint density at radius 3 is 2.73 bits per heavy atom. The van der Waals surface area contributed by atoms with Crippen LogP contribution >= 0.6 is 34.5 Å². The molecule has 3 aromatic rings. The van der Waals surface area contributed by atoms with Gasteiger partial charge in [0.2, 0.25) is 0 Å². The predicted molar refractivity (Wildman–Crippen MR) is 120 cm³/mol. The van der Waals surface area contributed by atoms with Crippen LogP contribution in [0, 0.1) is 0 Å². The second-order valence-corrected chi connectivity index (χ2v) is 9.39. The summed E-state index contributed by atoms with van der Waals surface area (Å²) in [5.41, 5.74) is 2.41. The molecule has 30 heavy (non-hydrogen) atoms. The lowest BCUT2D eigenvalue weighted by molar-refractivity contribution is 0.0766. The maximum absolute atomic E-state index is 13.5. The quantitative estimate of drug-likeness (QED) is 0.556. The predicted octanol–water partition coefficient (Wildman–Crippen LogP) is 4.87. The van der Waals surface area contributed by atoms with E-state index in [0.717, 1.165) is 55.4 Å². The zero-order valence-corrected chi connectivity index (χ0v) is 18.6. The second kappa shape index (κ2) is 8.21. The van der Waals surface area contributed by atoms with E-state index < -0.39 is 0 Å². The van der Waals surface area contributed by atoms with Crippen LogP contribution in [0.1, 0.15) is 41.2 Å². The van der Waals surface area contributed by atoms with Crippen molar-refractivity contribution in [3.05, 3.63) is 57.3 Å². The monoisotopic (exact) mass is 461 g/mol. The van der Waals surface area contributed by atoms with Gasteiger partial charge in [-0.15, -0.1) is 11.3 Å². The maximum Gasteiger partial charge on any atom is 0.257 e. The minimum Gasteiger partial charge on any atom is -0.346 e. The third kappa shape index (κ3) is 3.82. The van der Waals surface area contributed by atoms with Crippen molar-refractivity contribution in [1.29, 1.82) is 0 Å². The highest BCUT2D eigenvalue weighted by Crippen LogP contribution is 2.43. The van der Waals surface area contributed by atoms with Crippen molar-refractivity contribution in [2.45, 2.75) is 25.2 Å². The average molecular weight is 462 g/mol. The number of nitrogens with zero attached hydrogens (tertiary/aromatic N) is 5. The lowest BCUT2D eigenvalue weighted by atomic mass is 10.1. The Morgan fingerprint density at radius 1 is 1.13 bits per heavy atom. The summed E-state index contributed by atoms with van der Waals surface area (Å²) in [5.74, 6) is 0.395. The first kappa shape index (κ1) is 19.8. The van der Waals surface area contributed by atoms with Gasteiger partial charge < -0.3 is 9.80 Å². The smallest absolute Gasteiger partial charge is 0.257 e. The largest absolute Gasteiger partial charge is 0.346 e. The molecule has 1 amide bonds. The number of benzene rings is 1. The standard InChI is InChI=1S/C21H21Cl2N5OS/c22-15-4-5-18(17(23)12-15)28-19(14-2-3-14)16(13-25-28)20(29)26-7-1-8-27(10-9-26)21-24-6-11-30-21/h4-6,11-14H,1-3,7-10H2.